The van der Waals surface area contributed by atoms with Crippen LogP contribution in [0.4, 0.5) is 14.9 Å². The fourth-order valence-electron chi connectivity index (χ4n) is 4.18. The minimum atomic E-state index is -0.586. The molecule has 11 heteroatoms. The molecule has 35 heavy (non-hydrogen) atoms. The molecule has 2 aliphatic rings. The van der Waals surface area contributed by atoms with Crippen LogP contribution < -0.4 is 10.2 Å². The highest BCUT2D eigenvalue weighted by Crippen LogP contribution is 2.29. The first kappa shape index (κ1) is 23.2. The van der Waals surface area contributed by atoms with Crippen LogP contribution in [0.2, 0.25) is 0 Å². The van der Waals surface area contributed by atoms with Gasteiger partial charge < -0.3 is 19.4 Å². The highest BCUT2D eigenvalue weighted by Gasteiger charge is 2.32. The number of pyridine rings is 1. The van der Waals surface area contributed by atoms with Gasteiger partial charge in [0.05, 0.1) is 18.8 Å². The lowest BCUT2D eigenvalue weighted by molar-refractivity contribution is -0.119. The Balaban J connectivity index is 1.35. The van der Waals surface area contributed by atoms with E-state index in [4.69, 9.17) is 4.74 Å². The van der Waals surface area contributed by atoms with E-state index in [1.807, 2.05) is 16.7 Å². The maximum atomic E-state index is 15.1. The molecule has 1 atom stereocenters. The van der Waals surface area contributed by atoms with Crippen LogP contribution in [0.3, 0.4) is 0 Å². The lowest BCUT2D eigenvalue weighted by Gasteiger charge is -2.25. The Morgan fingerprint density at radius 1 is 1.20 bits per heavy atom. The molecule has 2 aromatic heterocycles. The van der Waals surface area contributed by atoms with Gasteiger partial charge in [0.1, 0.15) is 23.3 Å². The number of aromatic nitrogens is 2. The first-order chi connectivity index (χ1) is 16.9. The standard InChI is InChI=1S/C24H24FN5O4S/c1-15(31)26-11-18-13-30(24(33)34-18)17-3-4-19(20(25)10-17)16-2-5-22-27-21(14-29(22)12-16)23(32)28-6-8-35-9-7-28/h2-5,10,12,14,18H,6-9,11,13H2,1H3,(H,26,31)/t18-/m1/s1. The van der Waals surface area contributed by atoms with Gasteiger partial charge in [-0.05, 0) is 30.3 Å². The zero-order valence-electron chi connectivity index (χ0n) is 19.1. The number of carbonyl (C=O) groups excluding carboxylic acids is 3. The van der Waals surface area contributed by atoms with Crippen molar-refractivity contribution in [2.75, 3.05) is 42.6 Å². The molecule has 3 aromatic rings. The number of rotatable bonds is 5. The first-order valence-electron chi connectivity index (χ1n) is 11.3. The zero-order valence-corrected chi connectivity index (χ0v) is 19.9. The summed E-state index contributed by atoms with van der Waals surface area (Å²) < 4.78 is 22.1. The number of fused-ring (bicyclic) bond motifs is 1. The minimum Gasteiger partial charge on any atom is -0.442 e. The summed E-state index contributed by atoms with van der Waals surface area (Å²) in [6.07, 6.45) is 2.32. The summed E-state index contributed by atoms with van der Waals surface area (Å²) in [5.74, 6) is 1.03. The monoisotopic (exact) mass is 497 g/mol. The SMILES string of the molecule is CC(=O)NC[C@@H]1CN(c2ccc(-c3ccc4nc(C(=O)N5CCSCC5)cn4c3)c(F)c2)C(=O)O1. The Bertz CT molecular complexity index is 1310. The summed E-state index contributed by atoms with van der Waals surface area (Å²) in [5, 5.41) is 2.61. The fraction of sp³-hybridized carbons (Fsp3) is 0.333. The van der Waals surface area contributed by atoms with E-state index in [2.05, 4.69) is 10.3 Å². The number of hydrogen-bond acceptors (Lipinski definition) is 6. The van der Waals surface area contributed by atoms with E-state index in [9.17, 15) is 14.4 Å². The third-order valence-electron chi connectivity index (χ3n) is 6.00. The van der Waals surface area contributed by atoms with Crippen LogP contribution in [0.1, 0.15) is 17.4 Å². The van der Waals surface area contributed by atoms with Gasteiger partial charge in [-0.2, -0.15) is 11.8 Å². The highest BCUT2D eigenvalue weighted by atomic mass is 32.2. The van der Waals surface area contributed by atoms with E-state index >= 15 is 4.39 Å². The number of cyclic esters (lactones) is 1. The van der Waals surface area contributed by atoms with Crippen molar-refractivity contribution in [3.8, 4) is 11.1 Å². The second-order valence-corrected chi connectivity index (χ2v) is 9.66. The fourth-order valence-corrected chi connectivity index (χ4v) is 5.09. The van der Waals surface area contributed by atoms with Gasteiger partial charge in [0.2, 0.25) is 5.91 Å². The molecule has 3 amide bonds. The first-order valence-corrected chi connectivity index (χ1v) is 12.4. The molecule has 2 aliphatic heterocycles. The summed E-state index contributed by atoms with van der Waals surface area (Å²) >= 11 is 1.83. The Hall–Kier alpha value is -3.60. The average Bonchev–Trinajstić information content (AvgIpc) is 3.45. The van der Waals surface area contributed by atoms with Crippen molar-refractivity contribution in [2.24, 2.45) is 0 Å². The number of thioether (sulfide) groups is 1. The Labute approximate surface area is 205 Å². The number of anilines is 1. The molecule has 0 saturated carbocycles. The number of nitrogens with zero attached hydrogens (tertiary/aromatic N) is 4. The summed E-state index contributed by atoms with van der Waals surface area (Å²) in [4.78, 5) is 43.7. The molecule has 1 aromatic carbocycles. The molecule has 0 spiro atoms. The summed E-state index contributed by atoms with van der Waals surface area (Å²) in [5.41, 5.74) is 2.31. The third kappa shape index (κ3) is 4.81. The Morgan fingerprint density at radius 3 is 2.74 bits per heavy atom. The van der Waals surface area contributed by atoms with Crippen molar-refractivity contribution in [1.82, 2.24) is 19.6 Å². The molecular formula is C24H24FN5O4S. The zero-order chi connectivity index (χ0) is 24.5. The van der Waals surface area contributed by atoms with E-state index in [1.54, 1.807) is 41.1 Å². The van der Waals surface area contributed by atoms with E-state index in [-0.39, 0.29) is 24.9 Å². The van der Waals surface area contributed by atoms with Crippen molar-refractivity contribution in [1.29, 1.82) is 0 Å². The predicted molar refractivity (Wildman–Crippen MR) is 130 cm³/mol. The van der Waals surface area contributed by atoms with Gasteiger partial charge in [0.25, 0.3) is 5.91 Å². The smallest absolute Gasteiger partial charge is 0.414 e. The van der Waals surface area contributed by atoms with Crippen molar-refractivity contribution < 1.29 is 23.5 Å². The Morgan fingerprint density at radius 2 is 2.00 bits per heavy atom. The topological polar surface area (TPSA) is 96.3 Å². The van der Waals surface area contributed by atoms with E-state index < -0.39 is 18.0 Å². The quantitative estimate of drug-likeness (QED) is 0.583. The van der Waals surface area contributed by atoms with Crippen molar-refractivity contribution >= 4 is 41.0 Å². The van der Waals surface area contributed by atoms with Crippen LogP contribution in [-0.2, 0) is 9.53 Å². The van der Waals surface area contributed by atoms with Crippen molar-refractivity contribution in [2.45, 2.75) is 13.0 Å². The number of amides is 3. The van der Waals surface area contributed by atoms with E-state index in [0.29, 0.717) is 41.2 Å². The molecule has 1 N–H and O–H groups in total. The van der Waals surface area contributed by atoms with Crippen LogP contribution in [0.25, 0.3) is 16.8 Å². The molecule has 0 radical (unpaired) electrons. The summed E-state index contributed by atoms with van der Waals surface area (Å²) in [6, 6.07) is 8.05. The van der Waals surface area contributed by atoms with Crippen LogP contribution in [0.15, 0.2) is 42.7 Å². The molecular weight excluding hydrogens is 473 g/mol. The highest BCUT2D eigenvalue weighted by molar-refractivity contribution is 7.99. The van der Waals surface area contributed by atoms with Gasteiger partial charge in [-0.3, -0.25) is 14.5 Å². The molecule has 4 heterocycles. The van der Waals surface area contributed by atoms with Crippen LogP contribution in [0.5, 0.6) is 0 Å². The molecule has 9 nitrogen and oxygen atoms in total. The molecule has 2 fully saturated rings. The number of ether oxygens (including phenoxy) is 1. The third-order valence-corrected chi connectivity index (χ3v) is 6.94. The van der Waals surface area contributed by atoms with Gasteiger partial charge >= 0.3 is 6.09 Å². The number of benzene rings is 1. The van der Waals surface area contributed by atoms with Gasteiger partial charge in [0.15, 0.2) is 0 Å². The molecule has 5 rings (SSSR count). The lowest BCUT2D eigenvalue weighted by atomic mass is 10.1. The predicted octanol–water partition coefficient (Wildman–Crippen LogP) is 2.79. The minimum absolute atomic E-state index is 0.0969. The normalized spacial score (nSPS) is 18.1. The van der Waals surface area contributed by atoms with Gasteiger partial charge in [-0.15, -0.1) is 0 Å². The molecule has 182 valence electrons. The van der Waals surface area contributed by atoms with Crippen molar-refractivity contribution in [3.63, 3.8) is 0 Å². The lowest BCUT2D eigenvalue weighted by Crippen LogP contribution is -2.38. The average molecular weight is 498 g/mol. The van der Waals surface area contributed by atoms with Crippen LogP contribution in [0, 0.1) is 5.82 Å². The number of halogens is 1. The maximum Gasteiger partial charge on any atom is 0.414 e. The number of imidazole rings is 1. The second-order valence-electron chi connectivity index (χ2n) is 8.43. The summed E-state index contributed by atoms with van der Waals surface area (Å²) in [7, 11) is 0. The molecule has 0 aliphatic carbocycles. The second kappa shape index (κ2) is 9.57. The number of hydrogen-bond donors (Lipinski definition) is 1. The summed E-state index contributed by atoms with van der Waals surface area (Å²) in [6.45, 7) is 3.21. The van der Waals surface area contributed by atoms with Gasteiger partial charge in [-0.1, -0.05) is 0 Å². The van der Waals surface area contributed by atoms with E-state index in [1.165, 1.54) is 17.9 Å². The Kier molecular flexibility index (Phi) is 6.33. The number of carbonyl (C=O) groups is 3. The van der Waals surface area contributed by atoms with Gasteiger partial charge in [0, 0.05) is 55.0 Å². The molecule has 0 bridgehead atoms. The molecule has 0 unspecified atom stereocenters. The van der Waals surface area contributed by atoms with Crippen LogP contribution >= 0.6 is 11.8 Å². The maximum absolute atomic E-state index is 15.1. The largest absolute Gasteiger partial charge is 0.442 e. The van der Waals surface area contributed by atoms with Gasteiger partial charge in [-0.25, -0.2) is 14.2 Å². The van der Waals surface area contributed by atoms with E-state index in [0.717, 1.165) is 11.5 Å². The van der Waals surface area contributed by atoms with Crippen molar-refractivity contribution in [3.05, 3.63) is 54.2 Å². The molecule has 2 saturated heterocycles. The van der Waals surface area contributed by atoms with Crippen LogP contribution in [-0.4, -0.2) is 76.0 Å². The number of nitrogens with one attached hydrogen (secondary N) is 1.